The molecule has 4 aromatic rings. The van der Waals surface area contributed by atoms with Gasteiger partial charge in [-0.15, -0.1) is 0 Å². The third-order valence-electron chi connectivity index (χ3n) is 5.47. The molecule has 33 heavy (non-hydrogen) atoms. The fraction of sp³-hybridized carbons (Fsp3) is 0.167. The van der Waals surface area contributed by atoms with E-state index < -0.39 is 15.7 Å². The first kappa shape index (κ1) is 21.0. The molecule has 8 nitrogen and oxygen atoms in total. The molecule has 1 aromatic heterocycles. The van der Waals surface area contributed by atoms with Crippen molar-refractivity contribution in [3.8, 4) is 17.2 Å². The second kappa shape index (κ2) is 8.25. The molecular weight excluding hydrogens is 442 g/mol. The third-order valence-corrected chi connectivity index (χ3v) is 6.91. The molecule has 0 saturated carbocycles. The van der Waals surface area contributed by atoms with Gasteiger partial charge in [-0.1, -0.05) is 36.4 Å². The number of anilines is 1. The molecule has 1 aliphatic rings. The molecular formula is C24H21N3O5S. The van der Waals surface area contributed by atoms with Gasteiger partial charge in [-0.25, -0.2) is 13.1 Å². The zero-order chi connectivity index (χ0) is 23.0. The third kappa shape index (κ3) is 4.14. The summed E-state index contributed by atoms with van der Waals surface area (Å²) in [5.74, 6) is 0.876. The predicted octanol–water partition coefficient (Wildman–Crippen LogP) is 3.48. The van der Waals surface area contributed by atoms with Crippen molar-refractivity contribution in [2.45, 2.75) is 11.5 Å². The SMILES string of the molecule is COc1ccc(-n2nc3c(c2NC(=O)COc2cccc4ccccc24)CS(=O)(=O)C3)cc1. The van der Waals surface area contributed by atoms with Crippen LogP contribution in [0.25, 0.3) is 16.5 Å². The van der Waals surface area contributed by atoms with E-state index in [1.807, 2.05) is 42.5 Å². The van der Waals surface area contributed by atoms with Crippen LogP contribution in [0.2, 0.25) is 0 Å². The second-order valence-electron chi connectivity index (χ2n) is 7.73. The highest BCUT2D eigenvalue weighted by Gasteiger charge is 2.33. The Hall–Kier alpha value is -3.85. The van der Waals surface area contributed by atoms with Crippen molar-refractivity contribution in [1.82, 2.24) is 9.78 Å². The molecule has 1 aliphatic heterocycles. The first-order chi connectivity index (χ1) is 15.9. The molecule has 168 valence electrons. The standard InChI is InChI=1S/C24H21N3O5S/c1-31-18-11-9-17(10-12-18)27-24(20-14-33(29,30)15-21(20)26-27)25-23(28)13-32-22-8-4-6-16-5-2-3-7-19(16)22/h2-12H,13-15H2,1H3,(H,25,28). The Morgan fingerprint density at radius 1 is 1.03 bits per heavy atom. The van der Waals surface area contributed by atoms with Gasteiger partial charge >= 0.3 is 0 Å². The van der Waals surface area contributed by atoms with Gasteiger partial charge in [-0.3, -0.25) is 4.79 Å². The summed E-state index contributed by atoms with van der Waals surface area (Å²) in [5.41, 5.74) is 1.62. The van der Waals surface area contributed by atoms with E-state index in [1.165, 1.54) is 0 Å². The van der Waals surface area contributed by atoms with Crippen LogP contribution in [0.5, 0.6) is 11.5 Å². The number of fused-ring (bicyclic) bond motifs is 2. The summed E-state index contributed by atoms with van der Waals surface area (Å²) in [5, 5.41) is 9.20. The Morgan fingerprint density at radius 3 is 2.58 bits per heavy atom. The zero-order valence-electron chi connectivity index (χ0n) is 17.8. The Kier molecular flexibility index (Phi) is 5.26. The van der Waals surface area contributed by atoms with Crippen LogP contribution in [0.4, 0.5) is 5.82 Å². The molecule has 5 rings (SSSR count). The minimum absolute atomic E-state index is 0.152. The van der Waals surface area contributed by atoms with Gasteiger partial charge in [-0.2, -0.15) is 5.10 Å². The first-order valence-corrected chi connectivity index (χ1v) is 12.1. The fourth-order valence-corrected chi connectivity index (χ4v) is 5.41. The number of methoxy groups -OCH3 is 1. The summed E-state index contributed by atoms with van der Waals surface area (Å²) < 4.78 is 36.8. The molecule has 1 amide bonds. The minimum atomic E-state index is -3.29. The molecule has 2 heterocycles. The Bertz CT molecular complexity index is 1450. The number of hydrogen-bond acceptors (Lipinski definition) is 6. The zero-order valence-corrected chi connectivity index (χ0v) is 18.6. The molecule has 1 N–H and O–H groups in total. The maximum Gasteiger partial charge on any atom is 0.263 e. The van der Waals surface area contributed by atoms with Gasteiger partial charge in [0, 0.05) is 10.9 Å². The lowest BCUT2D eigenvalue weighted by Gasteiger charge is -2.13. The van der Waals surface area contributed by atoms with Crippen molar-refractivity contribution in [2.24, 2.45) is 0 Å². The normalized spacial score (nSPS) is 14.1. The average Bonchev–Trinajstić information content (AvgIpc) is 3.29. The number of sulfone groups is 1. The van der Waals surface area contributed by atoms with Crippen LogP contribution in [0.15, 0.2) is 66.7 Å². The van der Waals surface area contributed by atoms with Crippen LogP contribution in [-0.2, 0) is 26.1 Å². The number of ether oxygens (including phenoxy) is 2. The Labute approximate surface area is 190 Å². The number of nitrogens with zero attached hydrogens (tertiary/aromatic N) is 2. The van der Waals surface area contributed by atoms with E-state index in [-0.39, 0.29) is 18.1 Å². The van der Waals surface area contributed by atoms with Gasteiger partial charge in [0.05, 0.1) is 30.0 Å². The largest absolute Gasteiger partial charge is 0.497 e. The molecule has 9 heteroatoms. The molecule has 0 aliphatic carbocycles. The van der Waals surface area contributed by atoms with Crippen LogP contribution in [0.1, 0.15) is 11.3 Å². The molecule has 0 fully saturated rings. The van der Waals surface area contributed by atoms with Crippen LogP contribution in [0.3, 0.4) is 0 Å². The van der Waals surface area contributed by atoms with Gasteiger partial charge in [0.1, 0.15) is 17.3 Å². The van der Waals surface area contributed by atoms with Crippen LogP contribution in [0, 0.1) is 0 Å². The van der Waals surface area contributed by atoms with Crippen LogP contribution in [-0.4, -0.2) is 37.8 Å². The van der Waals surface area contributed by atoms with E-state index in [1.54, 1.807) is 36.1 Å². The summed E-state index contributed by atoms with van der Waals surface area (Å²) in [6, 6.07) is 20.5. The van der Waals surface area contributed by atoms with Crippen molar-refractivity contribution in [2.75, 3.05) is 19.0 Å². The van der Waals surface area contributed by atoms with E-state index in [2.05, 4.69) is 10.4 Å². The van der Waals surface area contributed by atoms with Crippen LogP contribution >= 0.6 is 0 Å². The number of amides is 1. The maximum absolute atomic E-state index is 12.8. The van der Waals surface area contributed by atoms with Gasteiger partial charge < -0.3 is 14.8 Å². The second-order valence-corrected chi connectivity index (χ2v) is 9.79. The summed E-state index contributed by atoms with van der Waals surface area (Å²) in [6.45, 7) is -0.233. The lowest BCUT2D eigenvalue weighted by atomic mass is 10.1. The highest BCUT2D eigenvalue weighted by atomic mass is 32.2. The number of carbonyl (C=O) groups excluding carboxylic acids is 1. The summed E-state index contributed by atoms with van der Waals surface area (Å²) >= 11 is 0. The Morgan fingerprint density at radius 2 is 1.79 bits per heavy atom. The smallest absolute Gasteiger partial charge is 0.263 e. The number of carbonyl (C=O) groups is 1. The van der Waals surface area contributed by atoms with E-state index in [9.17, 15) is 13.2 Å². The number of benzene rings is 3. The van der Waals surface area contributed by atoms with Crippen molar-refractivity contribution in [1.29, 1.82) is 0 Å². The maximum atomic E-state index is 12.8. The quantitative estimate of drug-likeness (QED) is 0.470. The molecule has 0 atom stereocenters. The van der Waals surface area contributed by atoms with Gasteiger partial charge in [0.25, 0.3) is 5.91 Å². The first-order valence-electron chi connectivity index (χ1n) is 10.3. The van der Waals surface area contributed by atoms with E-state index in [0.29, 0.717) is 34.3 Å². The number of nitrogens with one attached hydrogen (secondary N) is 1. The number of hydrogen-bond donors (Lipinski definition) is 1. The molecule has 0 unspecified atom stereocenters. The molecule has 0 bridgehead atoms. The average molecular weight is 464 g/mol. The molecule has 3 aromatic carbocycles. The number of rotatable bonds is 6. The molecule has 0 radical (unpaired) electrons. The lowest BCUT2D eigenvalue weighted by Crippen LogP contribution is -2.23. The highest BCUT2D eigenvalue weighted by Crippen LogP contribution is 2.33. The van der Waals surface area contributed by atoms with E-state index >= 15 is 0 Å². The van der Waals surface area contributed by atoms with Crippen LogP contribution < -0.4 is 14.8 Å². The Balaban J connectivity index is 1.41. The van der Waals surface area contributed by atoms with Crippen molar-refractivity contribution < 1.29 is 22.7 Å². The van der Waals surface area contributed by atoms with Crippen molar-refractivity contribution in [3.05, 3.63) is 78.0 Å². The summed E-state index contributed by atoms with van der Waals surface area (Å²) in [4.78, 5) is 12.8. The van der Waals surface area contributed by atoms with Gasteiger partial charge in [0.15, 0.2) is 16.4 Å². The lowest BCUT2D eigenvalue weighted by molar-refractivity contribution is -0.118. The monoisotopic (exact) mass is 463 g/mol. The molecule has 0 spiro atoms. The predicted molar refractivity (Wildman–Crippen MR) is 125 cm³/mol. The minimum Gasteiger partial charge on any atom is -0.497 e. The topological polar surface area (TPSA) is 99.5 Å². The number of aromatic nitrogens is 2. The van der Waals surface area contributed by atoms with Gasteiger partial charge in [-0.05, 0) is 35.7 Å². The van der Waals surface area contributed by atoms with E-state index in [4.69, 9.17) is 9.47 Å². The fourth-order valence-electron chi connectivity index (χ4n) is 3.91. The van der Waals surface area contributed by atoms with Gasteiger partial charge in [0.2, 0.25) is 0 Å². The summed E-state index contributed by atoms with van der Waals surface area (Å²) in [6.07, 6.45) is 0. The highest BCUT2D eigenvalue weighted by molar-refractivity contribution is 7.90. The van der Waals surface area contributed by atoms with E-state index in [0.717, 1.165) is 10.8 Å². The molecule has 0 saturated heterocycles. The summed E-state index contributed by atoms with van der Waals surface area (Å²) in [7, 11) is -1.71. The van der Waals surface area contributed by atoms with Crippen molar-refractivity contribution in [3.63, 3.8) is 0 Å². The van der Waals surface area contributed by atoms with Crippen molar-refractivity contribution >= 4 is 32.3 Å².